The standard InChI is InChI=1S/C17H24N4O/c1-17-7-6-11(9-17)14(10-17)18-16-20-19-13-8-12(22-3)4-5-15(13)21(16)2/h4-5,8,11,14,19H,6-7,9-10H2,1-3H3,(H,18,20)/p+1. The van der Waals surface area contributed by atoms with Gasteiger partial charge in [-0.05, 0) is 43.1 Å². The van der Waals surface area contributed by atoms with Gasteiger partial charge in [0.1, 0.15) is 11.4 Å². The zero-order valence-electron chi connectivity index (χ0n) is 13.6. The first-order chi connectivity index (χ1) is 10.6. The van der Waals surface area contributed by atoms with Gasteiger partial charge >= 0.3 is 5.96 Å². The lowest BCUT2D eigenvalue weighted by molar-refractivity contribution is -0.709. The zero-order chi connectivity index (χ0) is 15.3. The number of hydrogen-bond donors (Lipinski definition) is 3. The molecule has 0 aromatic heterocycles. The number of guanidine groups is 1. The van der Waals surface area contributed by atoms with Crippen molar-refractivity contribution < 1.29 is 9.64 Å². The minimum Gasteiger partial charge on any atom is -0.497 e. The molecule has 4 unspecified atom stereocenters. The number of benzene rings is 1. The van der Waals surface area contributed by atoms with Gasteiger partial charge in [-0.3, -0.25) is 5.43 Å². The van der Waals surface area contributed by atoms with Crippen LogP contribution in [0.1, 0.15) is 32.6 Å². The molecule has 0 radical (unpaired) electrons. The molecule has 2 fully saturated rings. The Morgan fingerprint density at radius 1 is 1.32 bits per heavy atom. The molecule has 3 N–H and O–H groups in total. The van der Waals surface area contributed by atoms with Crippen LogP contribution in [0.15, 0.2) is 23.2 Å². The molecule has 5 nitrogen and oxygen atoms in total. The number of aliphatic imine (C=N–C) groups is 1. The molecule has 22 heavy (non-hydrogen) atoms. The van der Waals surface area contributed by atoms with Crippen molar-refractivity contribution in [1.82, 2.24) is 5.43 Å². The second kappa shape index (κ2) is 4.88. The topological polar surface area (TPSA) is 50.1 Å². The first-order valence-electron chi connectivity index (χ1n) is 8.20. The van der Waals surface area contributed by atoms with Gasteiger partial charge in [-0.2, -0.15) is 0 Å². The van der Waals surface area contributed by atoms with Crippen molar-refractivity contribution in [2.75, 3.05) is 19.6 Å². The summed E-state index contributed by atoms with van der Waals surface area (Å²) in [4.78, 5) is 6.27. The Labute approximate surface area is 131 Å². The van der Waals surface area contributed by atoms with Gasteiger partial charge in [0.15, 0.2) is 5.69 Å². The molecular formula is C17H25N4O+. The highest BCUT2D eigenvalue weighted by atomic mass is 16.5. The number of methoxy groups -OCH3 is 1. The van der Waals surface area contributed by atoms with Crippen molar-refractivity contribution in [3.05, 3.63) is 18.2 Å². The summed E-state index contributed by atoms with van der Waals surface area (Å²) >= 11 is 0. The van der Waals surface area contributed by atoms with E-state index in [1.807, 2.05) is 12.1 Å². The summed E-state index contributed by atoms with van der Waals surface area (Å²) in [7, 11) is 3.84. The third-order valence-corrected chi connectivity index (χ3v) is 5.72. The second-order valence-corrected chi connectivity index (χ2v) is 7.35. The van der Waals surface area contributed by atoms with Gasteiger partial charge < -0.3 is 4.74 Å². The summed E-state index contributed by atoms with van der Waals surface area (Å²) in [6.07, 6.45) is 5.33. The van der Waals surface area contributed by atoms with Crippen LogP contribution in [0.4, 0.5) is 11.4 Å². The fraction of sp³-hybridized carbons (Fsp3) is 0.588. The maximum atomic E-state index is 5.29. The van der Waals surface area contributed by atoms with E-state index in [0.717, 1.165) is 23.3 Å². The lowest BCUT2D eigenvalue weighted by Gasteiger charge is -2.28. The predicted molar refractivity (Wildman–Crippen MR) is 87.6 cm³/mol. The Kier molecular flexibility index (Phi) is 3.08. The van der Waals surface area contributed by atoms with E-state index < -0.39 is 0 Å². The van der Waals surface area contributed by atoms with Crippen LogP contribution >= 0.6 is 0 Å². The molecule has 0 spiro atoms. The molecule has 0 saturated heterocycles. The van der Waals surface area contributed by atoms with E-state index >= 15 is 0 Å². The molecule has 1 aliphatic heterocycles. The maximum Gasteiger partial charge on any atom is 0.320 e. The summed E-state index contributed by atoms with van der Waals surface area (Å²) in [5.41, 5.74) is 9.34. The van der Waals surface area contributed by atoms with Crippen LogP contribution in [0, 0.1) is 11.3 Å². The molecule has 2 saturated carbocycles. The third kappa shape index (κ3) is 2.15. The van der Waals surface area contributed by atoms with Crippen molar-refractivity contribution in [2.24, 2.45) is 16.3 Å². The quantitative estimate of drug-likeness (QED) is 0.779. The molecule has 118 valence electrons. The first kappa shape index (κ1) is 13.9. The van der Waals surface area contributed by atoms with E-state index in [2.05, 4.69) is 30.9 Å². The number of nitrogens with one attached hydrogen (secondary N) is 3. The van der Waals surface area contributed by atoms with Crippen molar-refractivity contribution in [3.63, 3.8) is 0 Å². The van der Waals surface area contributed by atoms with Crippen LogP contribution in [-0.4, -0.2) is 26.2 Å². The molecule has 3 aliphatic rings. The van der Waals surface area contributed by atoms with Crippen molar-refractivity contribution in [2.45, 2.75) is 38.6 Å². The SMILES string of the molecule is COc1ccc2c(c1)NNC(=NC1CC3(C)CCC1C3)[NH+]2C. The highest BCUT2D eigenvalue weighted by molar-refractivity contribution is 5.82. The van der Waals surface area contributed by atoms with Crippen LogP contribution in [-0.2, 0) is 0 Å². The molecule has 0 amide bonds. The third-order valence-electron chi connectivity index (χ3n) is 5.72. The van der Waals surface area contributed by atoms with Crippen molar-refractivity contribution in [1.29, 1.82) is 0 Å². The summed E-state index contributed by atoms with van der Waals surface area (Å²) in [6.45, 7) is 2.43. The fourth-order valence-electron chi connectivity index (χ4n) is 4.43. The molecule has 1 aromatic carbocycles. The van der Waals surface area contributed by atoms with Crippen LogP contribution in [0.3, 0.4) is 0 Å². The summed E-state index contributed by atoms with van der Waals surface area (Å²) in [5.74, 6) is 2.64. The predicted octanol–water partition coefficient (Wildman–Crippen LogP) is 1.71. The van der Waals surface area contributed by atoms with Crippen molar-refractivity contribution >= 4 is 17.3 Å². The van der Waals surface area contributed by atoms with Gasteiger partial charge in [0.2, 0.25) is 0 Å². The van der Waals surface area contributed by atoms with E-state index in [4.69, 9.17) is 9.73 Å². The monoisotopic (exact) mass is 301 g/mol. The smallest absolute Gasteiger partial charge is 0.320 e. The Balaban J connectivity index is 1.58. The number of rotatable bonds is 2. The van der Waals surface area contributed by atoms with Gasteiger partial charge in [-0.15, -0.1) is 0 Å². The number of hydrogen-bond acceptors (Lipinski definition) is 3. The summed E-state index contributed by atoms with van der Waals surface area (Å²) < 4.78 is 5.29. The van der Waals surface area contributed by atoms with Gasteiger partial charge in [-0.25, -0.2) is 15.3 Å². The number of fused-ring (bicyclic) bond motifs is 3. The van der Waals surface area contributed by atoms with Crippen LogP contribution in [0.25, 0.3) is 0 Å². The van der Waals surface area contributed by atoms with E-state index in [-0.39, 0.29) is 0 Å². The Morgan fingerprint density at radius 3 is 2.86 bits per heavy atom. The lowest BCUT2D eigenvalue weighted by Crippen LogP contribution is -3.10. The second-order valence-electron chi connectivity index (χ2n) is 7.35. The molecule has 4 rings (SSSR count). The van der Waals surface area contributed by atoms with Gasteiger partial charge in [0, 0.05) is 12.1 Å². The van der Waals surface area contributed by atoms with E-state index in [0.29, 0.717) is 11.5 Å². The average Bonchev–Trinajstić information content (AvgIpc) is 3.05. The molecule has 2 aliphatic carbocycles. The maximum absolute atomic E-state index is 5.29. The minimum absolute atomic E-state index is 0.484. The largest absolute Gasteiger partial charge is 0.497 e. The van der Waals surface area contributed by atoms with E-state index in [9.17, 15) is 0 Å². The van der Waals surface area contributed by atoms with Gasteiger partial charge in [0.25, 0.3) is 0 Å². The molecular weight excluding hydrogens is 276 g/mol. The lowest BCUT2D eigenvalue weighted by atomic mass is 9.85. The Bertz CT molecular complexity index is 629. The van der Waals surface area contributed by atoms with E-state index in [1.54, 1.807) is 7.11 Å². The first-order valence-corrected chi connectivity index (χ1v) is 8.20. The number of hydrazine groups is 1. The zero-order valence-corrected chi connectivity index (χ0v) is 13.6. The molecule has 2 bridgehead atoms. The molecule has 1 heterocycles. The van der Waals surface area contributed by atoms with Gasteiger partial charge in [-0.1, -0.05) is 6.92 Å². The fourth-order valence-corrected chi connectivity index (χ4v) is 4.43. The normalized spacial score (nSPS) is 37.6. The van der Waals surface area contributed by atoms with Crippen molar-refractivity contribution in [3.8, 4) is 5.75 Å². The summed E-state index contributed by atoms with van der Waals surface area (Å²) in [5, 5.41) is 0. The Morgan fingerprint density at radius 2 is 2.18 bits per heavy atom. The van der Waals surface area contributed by atoms with Crippen LogP contribution in [0.5, 0.6) is 5.75 Å². The van der Waals surface area contributed by atoms with Gasteiger partial charge in [0.05, 0.1) is 20.2 Å². The average molecular weight is 301 g/mol. The number of nitrogens with zero attached hydrogens (tertiary/aromatic N) is 1. The summed E-state index contributed by atoms with van der Waals surface area (Å²) in [6, 6.07) is 6.61. The van der Waals surface area contributed by atoms with Crippen LogP contribution < -0.4 is 20.5 Å². The van der Waals surface area contributed by atoms with E-state index in [1.165, 1.54) is 36.3 Å². The van der Waals surface area contributed by atoms with Crippen LogP contribution in [0.2, 0.25) is 0 Å². The molecule has 4 atom stereocenters. The number of ether oxygens (including phenoxy) is 1. The molecule has 5 heteroatoms. The highest BCUT2D eigenvalue weighted by Crippen LogP contribution is 2.54. The molecule has 1 aromatic rings. The minimum atomic E-state index is 0.484. The highest BCUT2D eigenvalue weighted by Gasteiger charge is 2.48. The number of quaternary nitrogens is 1. The Hall–Kier alpha value is -1.75. The number of anilines is 1.